The highest BCUT2D eigenvalue weighted by Gasteiger charge is 2.15. The minimum Gasteiger partial charge on any atom is -0.494 e. The number of hydrogen-bond acceptors (Lipinski definition) is 6. The number of nitrogens with zero attached hydrogens (tertiary/aromatic N) is 3. The largest absolute Gasteiger partial charge is 0.494 e. The van der Waals surface area contributed by atoms with Crippen LogP contribution >= 0.6 is 0 Å². The lowest BCUT2D eigenvalue weighted by Gasteiger charge is -2.26. The minimum absolute atomic E-state index is 0.302. The second-order valence-electron chi connectivity index (χ2n) is 6.85. The number of esters is 1. The number of carbonyl (C=O) groups is 1. The fourth-order valence-electron chi connectivity index (χ4n) is 3.12. The Bertz CT molecular complexity index is 788. The fraction of sp³-hybridized carbons (Fsp3) is 0.409. The number of aromatic nitrogens is 2. The Labute approximate surface area is 166 Å². The monoisotopic (exact) mass is 381 g/mol. The van der Waals surface area contributed by atoms with Crippen molar-refractivity contribution in [3.63, 3.8) is 0 Å². The number of hydrogen-bond donors (Lipinski definition) is 0. The predicted octanol–water partition coefficient (Wildman–Crippen LogP) is 4.16. The Morgan fingerprint density at radius 2 is 2.00 bits per heavy atom. The smallest absolute Gasteiger partial charge is 0.338 e. The number of ether oxygens (including phenoxy) is 2. The Morgan fingerprint density at radius 1 is 1.18 bits per heavy atom. The summed E-state index contributed by atoms with van der Waals surface area (Å²) < 4.78 is 10.8. The van der Waals surface area contributed by atoms with Crippen LogP contribution in [-0.2, 0) is 4.74 Å². The number of aryl methyl sites for hydroxylation is 1. The minimum atomic E-state index is -0.302. The van der Waals surface area contributed by atoms with E-state index in [1.165, 1.54) is 0 Å². The molecule has 1 aliphatic rings. The van der Waals surface area contributed by atoms with Crippen LogP contribution in [-0.4, -0.2) is 35.9 Å². The van der Waals surface area contributed by atoms with Crippen LogP contribution < -0.4 is 9.64 Å². The van der Waals surface area contributed by atoms with E-state index in [2.05, 4.69) is 27.4 Å². The Morgan fingerprint density at radius 3 is 2.64 bits per heavy atom. The van der Waals surface area contributed by atoms with Gasteiger partial charge in [-0.05, 0) is 75.4 Å². The van der Waals surface area contributed by atoms with Gasteiger partial charge in [0.2, 0.25) is 0 Å². The molecule has 0 spiro atoms. The molecule has 6 nitrogen and oxygen atoms in total. The molecule has 0 aliphatic carbocycles. The quantitative estimate of drug-likeness (QED) is 0.505. The second-order valence-corrected chi connectivity index (χ2v) is 6.85. The van der Waals surface area contributed by atoms with Crippen molar-refractivity contribution in [2.45, 2.75) is 33.1 Å². The van der Waals surface area contributed by atoms with Crippen molar-refractivity contribution < 1.29 is 14.3 Å². The van der Waals surface area contributed by atoms with Gasteiger partial charge in [-0.15, -0.1) is 5.10 Å². The van der Waals surface area contributed by atoms with Gasteiger partial charge in [-0.3, -0.25) is 0 Å². The lowest BCUT2D eigenvalue weighted by Crippen LogP contribution is -2.25. The molecule has 0 saturated carbocycles. The van der Waals surface area contributed by atoms with Gasteiger partial charge in [0.05, 0.1) is 24.5 Å². The average molecular weight is 381 g/mol. The molecule has 0 unspecified atom stereocenters. The Balaban J connectivity index is 1.38. The summed E-state index contributed by atoms with van der Waals surface area (Å²) in [6, 6.07) is 11.1. The Kier molecular flexibility index (Phi) is 7.00. The standard InChI is InChI=1S/C22H27N3O3/c1-3-27-22(26)19-7-9-20(10-8-19)28-16-4-5-18-12-14-25(15-13-18)21-11-6-17(2)23-24-21/h6-12,14,18H,3-5,13,15-16H2,1-2H3/t18-/m0/s1. The number of allylic oxidation sites excluding steroid dienone is 1. The van der Waals surface area contributed by atoms with E-state index in [0.717, 1.165) is 43.1 Å². The van der Waals surface area contributed by atoms with Gasteiger partial charge in [0.25, 0.3) is 0 Å². The van der Waals surface area contributed by atoms with E-state index < -0.39 is 0 Å². The van der Waals surface area contributed by atoms with E-state index in [9.17, 15) is 4.79 Å². The maximum absolute atomic E-state index is 11.6. The highest BCUT2D eigenvalue weighted by Crippen LogP contribution is 2.22. The maximum Gasteiger partial charge on any atom is 0.338 e. The van der Waals surface area contributed by atoms with Crippen molar-refractivity contribution >= 4 is 11.8 Å². The zero-order chi connectivity index (χ0) is 19.8. The normalized spacial score (nSPS) is 16.1. The first-order valence-corrected chi connectivity index (χ1v) is 9.81. The first-order chi connectivity index (χ1) is 13.7. The third-order valence-corrected chi connectivity index (χ3v) is 4.71. The van der Waals surface area contributed by atoms with Crippen LogP contribution in [0.15, 0.2) is 48.7 Å². The van der Waals surface area contributed by atoms with Crippen molar-refractivity contribution in [1.29, 1.82) is 0 Å². The fourth-order valence-corrected chi connectivity index (χ4v) is 3.12. The van der Waals surface area contributed by atoms with E-state index in [-0.39, 0.29) is 5.97 Å². The summed E-state index contributed by atoms with van der Waals surface area (Å²) in [5.41, 5.74) is 1.47. The van der Waals surface area contributed by atoms with Gasteiger partial charge in [0.1, 0.15) is 5.75 Å². The van der Waals surface area contributed by atoms with Gasteiger partial charge in [-0.25, -0.2) is 4.79 Å². The lowest BCUT2D eigenvalue weighted by atomic mass is 9.97. The summed E-state index contributed by atoms with van der Waals surface area (Å²) in [5.74, 6) is 1.93. The average Bonchev–Trinajstić information content (AvgIpc) is 2.73. The highest BCUT2D eigenvalue weighted by molar-refractivity contribution is 5.89. The van der Waals surface area contributed by atoms with Gasteiger partial charge in [0.15, 0.2) is 5.82 Å². The third kappa shape index (κ3) is 5.55. The van der Waals surface area contributed by atoms with Crippen molar-refractivity contribution in [3.05, 3.63) is 59.9 Å². The van der Waals surface area contributed by atoms with Crippen LogP contribution in [0.4, 0.5) is 5.82 Å². The number of anilines is 1. The summed E-state index contributed by atoms with van der Waals surface area (Å²) in [7, 11) is 0. The van der Waals surface area contributed by atoms with E-state index >= 15 is 0 Å². The highest BCUT2D eigenvalue weighted by atomic mass is 16.5. The van der Waals surface area contributed by atoms with Crippen molar-refractivity contribution in [2.75, 3.05) is 24.7 Å². The molecular formula is C22H27N3O3. The second kappa shape index (κ2) is 9.88. The molecule has 6 heteroatoms. The number of rotatable bonds is 8. The summed E-state index contributed by atoms with van der Waals surface area (Å²) in [4.78, 5) is 13.8. The maximum atomic E-state index is 11.6. The molecule has 148 valence electrons. The number of carbonyl (C=O) groups excluding carboxylic acids is 1. The molecule has 0 N–H and O–H groups in total. The summed E-state index contributed by atoms with van der Waals surface area (Å²) >= 11 is 0. The predicted molar refractivity (Wildman–Crippen MR) is 108 cm³/mol. The molecular weight excluding hydrogens is 354 g/mol. The molecule has 28 heavy (non-hydrogen) atoms. The zero-order valence-electron chi connectivity index (χ0n) is 16.5. The van der Waals surface area contributed by atoms with Crippen molar-refractivity contribution in [2.24, 2.45) is 5.92 Å². The van der Waals surface area contributed by atoms with Crippen LogP contribution in [0.2, 0.25) is 0 Å². The summed E-state index contributed by atoms with van der Waals surface area (Å²) in [6.45, 7) is 5.73. The number of benzene rings is 1. The zero-order valence-corrected chi connectivity index (χ0v) is 16.5. The SMILES string of the molecule is CCOC(=O)c1ccc(OCCC[C@H]2C=CN(c3ccc(C)nn3)CC2)cc1. The first kappa shape index (κ1) is 19.9. The van der Waals surface area contributed by atoms with Gasteiger partial charge >= 0.3 is 5.97 Å². The van der Waals surface area contributed by atoms with Gasteiger partial charge in [0, 0.05) is 12.7 Å². The van der Waals surface area contributed by atoms with Gasteiger partial charge < -0.3 is 14.4 Å². The molecule has 1 aromatic heterocycles. The van der Waals surface area contributed by atoms with E-state index in [0.29, 0.717) is 24.7 Å². The molecule has 0 saturated heterocycles. The molecule has 1 aromatic carbocycles. The van der Waals surface area contributed by atoms with E-state index in [1.807, 2.05) is 31.2 Å². The summed E-state index contributed by atoms with van der Waals surface area (Å²) in [6.07, 6.45) is 7.53. The lowest BCUT2D eigenvalue weighted by molar-refractivity contribution is 0.0526. The molecule has 0 bridgehead atoms. The van der Waals surface area contributed by atoms with Gasteiger partial charge in [-0.1, -0.05) is 6.08 Å². The van der Waals surface area contributed by atoms with Crippen LogP contribution in [0.3, 0.4) is 0 Å². The van der Waals surface area contributed by atoms with E-state index in [4.69, 9.17) is 9.47 Å². The molecule has 2 heterocycles. The van der Waals surface area contributed by atoms with Crippen LogP contribution in [0.1, 0.15) is 42.2 Å². The van der Waals surface area contributed by atoms with Crippen LogP contribution in [0, 0.1) is 12.8 Å². The molecule has 1 aliphatic heterocycles. The molecule has 0 radical (unpaired) electrons. The molecule has 0 amide bonds. The first-order valence-electron chi connectivity index (χ1n) is 9.81. The van der Waals surface area contributed by atoms with Crippen LogP contribution in [0.5, 0.6) is 5.75 Å². The van der Waals surface area contributed by atoms with Crippen molar-refractivity contribution in [3.8, 4) is 5.75 Å². The van der Waals surface area contributed by atoms with Crippen molar-refractivity contribution in [1.82, 2.24) is 10.2 Å². The molecule has 2 aromatic rings. The Hall–Kier alpha value is -2.89. The van der Waals surface area contributed by atoms with E-state index in [1.54, 1.807) is 19.1 Å². The van der Waals surface area contributed by atoms with Gasteiger partial charge in [-0.2, -0.15) is 5.10 Å². The topological polar surface area (TPSA) is 64.6 Å². The van der Waals surface area contributed by atoms with Crippen LogP contribution in [0.25, 0.3) is 0 Å². The summed E-state index contributed by atoms with van der Waals surface area (Å²) in [5, 5.41) is 8.36. The third-order valence-electron chi connectivity index (χ3n) is 4.71. The molecule has 1 atom stereocenters. The molecule has 0 fully saturated rings. The molecule has 3 rings (SSSR count).